The van der Waals surface area contributed by atoms with Crippen LogP contribution in [0.5, 0.6) is 0 Å². The van der Waals surface area contributed by atoms with Gasteiger partial charge in [0.25, 0.3) is 0 Å². The zero-order chi connectivity index (χ0) is 26.9. The normalized spacial score (nSPS) is 14.6. The number of nitrogens with zero attached hydrogens (tertiary/aromatic N) is 3. The largest absolute Gasteiger partial charge is 0.395 e. The number of ketones is 1. The van der Waals surface area contributed by atoms with Crippen LogP contribution in [0.15, 0.2) is 77.1 Å². The average molecular weight is 504 g/mol. The Morgan fingerprint density at radius 2 is 1.35 bits per heavy atom. The zero-order valence-electron chi connectivity index (χ0n) is 23.0. The molecule has 37 heavy (non-hydrogen) atoms. The molecule has 7 nitrogen and oxygen atoms in total. The van der Waals surface area contributed by atoms with Gasteiger partial charge >= 0.3 is 0 Å². The Morgan fingerprint density at radius 1 is 0.811 bits per heavy atom. The van der Waals surface area contributed by atoms with Crippen molar-refractivity contribution in [1.82, 2.24) is 5.32 Å². The maximum Gasteiger partial charge on any atom is 0.204 e. The van der Waals surface area contributed by atoms with Crippen molar-refractivity contribution < 1.29 is 9.90 Å². The number of anilines is 3. The van der Waals surface area contributed by atoms with Crippen LogP contribution in [0.4, 0.5) is 22.7 Å². The molecule has 0 aromatic heterocycles. The number of allylic oxidation sites excluding steroid dienone is 2. The summed E-state index contributed by atoms with van der Waals surface area (Å²) in [6, 6.07) is 17.0. The van der Waals surface area contributed by atoms with Gasteiger partial charge in [0.05, 0.1) is 29.4 Å². The number of carbonyl (C=O) groups excluding carboxylic acids is 1. The highest BCUT2D eigenvalue weighted by atomic mass is 16.3. The molecular weight excluding hydrogens is 462 g/mol. The van der Waals surface area contributed by atoms with E-state index in [0.29, 0.717) is 35.7 Å². The second kappa shape index (κ2) is 13.1. The number of aliphatic hydroxyl groups excluding tert-OH is 1. The van der Waals surface area contributed by atoms with Crippen molar-refractivity contribution in [1.29, 1.82) is 0 Å². The molecule has 0 bridgehead atoms. The first-order valence-electron chi connectivity index (χ1n) is 13.2. The van der Waals surface area contributed by atoms with Crippen LogP contribution in [0.2, 0.25) is 0 Å². The predicted molar refractivity (Wildman–Crippen MR) is 156 cm³/mol. The highest BCUT2D eigenvalue weighted by molar-refractivity contribution is 6.23. The molecular formula is C30H41N5O2. The quantitative estimate of drug-likeness (QED) is 0.342. The number of benzene rings is 2. The number of rotatable bonds is 12. The minimum atomic E-state index is -0.147. The van der Waals surface area contributed by atoms with Gasteiger partial charge in [-0.25, -0.2) is 4.99 Å². The Bertz CT molecular complexity index is 1130. The van der Waals surface area contributed by atoms with Gasteiger partial charge in [-0.15, -0.1) is 0 Å². The zero-order valence-corrected chi connectivity index (χ0v) is 23.0. The summed E-state index contributed by atoms with van der Waals surface area (Å²) < 4.78 is 0. The summed E-state index contributed by atoms with van der Waals surface area (Å²) in [5.41, 5.74) is 5.59. The minimum Gasteiger partial charge on any atom is -0.395 e. The van der Waals surface area contributed by atoms with Crippen LogP contribution in [0, 0.1) is 0 Å². The topological polar surface area (TPSA) is 80.2 Å². The summed E-state index contributed by atoms with van der Waals surface area (Å²) in [5.74, 6) is -0.147. The number of hydrogen-bond donors (Lipinski definition) is 3. The van der Waals surface area contributed by atoms with E-state index in [0.717, 1.165) is 35.8 Å². The molecule has 0 radical (unpaired) electrons. The summed E-state index contributed by atoms with van der Waals surface area (Å²) in [5, 5.41) is 15.7. The average Bonchev–Trinajstić information content (AvgIpc) is 2.87. The molecule has 0 amide bonds. The molecule has 1 aliphatic rings. The van der Waals surface area contributed by atoms with E-state index in [1.807, 2.05) is 24.3 Å². The fraction of sp³-hybridized carbons (Fsp3) is 0.400. The molecule has 198 valence electrons. The molecule has 0 aliphatic heterocycles. The summed E-state index contributed by atoms with van der Waals surface area (Å²) in [4.78, 5) is 22.4. The SMILES string of the molecule is CCN(c1ccc(/N=C2\C=C(Nc3ccc(N(CC)C(C)C)cc3)C(=O)C=C2NCCO)cc1)C(C)C. The van der Waals surface area contributed by atoms with Crippen molar-refractivity contribution in [3.05, 3.63) is 72.1 Å². The van der Waals surface area contributed by atoms with Crippen molar-refractivity contribution in [2.75, 3.05) is 41.4 Å². The van der Waals surface area contributed by atoms with Crippen molar-refractivity contribution in [2.24, 2.45) is 4.99 Å². The van der Waals surface area contributed by atoms with Crippen LogP contribution in [0.3, 0.4) is 0 Å². The first-order chi connectivity index (χ1) is 17.8. The predicted octanol–water partition coefficient (Wildman–Crippen LogP) is 5.27. The van der Waals surface area contributed by atoms with Gasteiger partial charge in [-0.3, -0.25) is 4.79 Å². The molecule has 2 aromatic carbocycles. The summed E-state index contributed by atoms with van der Waals surface area (Å²) in [7, 11) is 0. The Hall–Kier alpha value is -3.58. The highest BCUT2D eigenvalue weighted by Gasteiger charge is 2.20. The van der Waals surface area contributed by atoms with Gasteiger partial charge in [0.15, 0.2) is 0 Å². The van der Waals surface area contributed by atoms with Crippen LogP contribution < -0.4 is 20.4 Å². The van der Waals surface area contributed by atoms with Crippen molar-refractivity contribution in [3.8, 4) is 0 Å². The van der Waals surface area contributed by atoms with E-state index < -0.39 is 0 Å². The molecule has 3 N–H and O–H groups in total. The van der Waals surface area contributed by atoms with Crippen LogP contribution >= 0.6 is 0 Å². The van der Waals surface area contributed by atoms with E-state index in [4.69, 9.17) is 4.99 Å². The van der Waals surface area contributed by atoms with Crippen molar-refractivity contribution in [3.63, 3.8) is 0 Å². The standard InChI is InChI=1S/C30H41N5O2/c1-7-34(21(3)4)25-13-9-23(10-14-25)32-28-19-29(30(37)20-27(28)31-17-18-36)33-24-11-15-26(16-12-24)35(8-2)22(5)6/h9-16,19-22,31,33,36H,7-8,17-18H2,1-6H3/b32-28+. The molecule has 0 saturated carbocycles. The van der Waals surface area contributed by atoms with Crippen LogP contribution in [0.25, 0.3) is 0 Å². The maximum atomic E-state index is 12.9. The van der Waals surface area contributed by atoms with Gasteiger partial charge in [0, 0.05) is 54.9 Å². The Morgan fingerprint density at radius 3 is 1.84 bits per heavy atom. The monoisotopic (exact) mass is 503 g/mol. The molecule has 0 saturated heterocycles. The molecule has 0 heterocycles. The van der Waals surface area contributed by atoms with Gasteiger partial charge in [-0.2, -0.15) is 0 Å². The number of nitrogens with one attached hydrogen (secondary N) is 2. The Labute approximate surface area is 221 Å². The minimum absolute atomic E-state index is 0.0398. The first-order valence-corrected chi connectivity index (χ1v) is 13.2. The molecule has 0 spiro atoms. The molecule has 7 heteroatoms. The molecule has 3 rings (SSSR count). The summed E-state index contributed by atoms with van der Waals surface area (Å²) in [6.07, 6.45) is 3.30. The first kappa shape index (κ1) is 28.0. The van der Waals surface area contributed by atoms with Gasteiger partial charge in [-0.1, -0.05) is 0 Å². The third-order valence-corrected chi connectivity index (χ3v) is 6.36. The van der Waals surface area contributed by atoms with Gasteiger partial charge in [-0.05, 0) is 96.1 Å². The maximum absolute atomic E-state index is 12.9. The lowest BCUT2D eigenvalue weighted by Crippen LogP contribution is -2.30. The molecule has 1 aliphatic carbocycles. The van der Waals surface area contributed by atoms with Gasteiger partial charge in [0.1, 0.15) is 0 Å². The number of carbonyl (C=O) groups is 1. The third-order valence-electron chi connectivity index (χ3n) is 6.36. The lowest BCUT2D eigenvalue weighted by atomic mass is 10.0. The van der Waals surface area contributed by atoms with Crippen LogP contribution in [0.1, 0.15) is 41.5 Å². The van der Waals surface area contributed by atoms with Crippen molar-refractivity contribution in [2.45, 2.75) is 53.6 Å². The molecule has 0 fully saturated rings. The smallest absolute Gasteiger partial charge is 0.204 e. The third kappa shape index (κ3) is 7.23. The lowest BCUT2D eigenvalue weighted by molar-refractivity contribution is -0.111. The van der Waals surface area contributed by atoms with Crippen LogP contribution in [-0.4, -0.2) is 54.9 Å². The van der Waals surface area contributed by atoms with Crippen molar-refractivity contribution >= 4 is 34.2 Å². The Balaban J connectivity index is 1.87. The molecule has 2 aromatic rings. The Kier molecular flexibility index (Phi) is 9.92. The lowest BCUT2D eigenvalue weighted by Gasteiger charge is -2.27. The van der Waals surface area contributed by atoms with E-state index in [1.165, 1.54) is 6.08 Å². The van der Waals surface area contributed by atoms with Gasteiger partial charge < -0.3 is 25.5 Å². The second-order valence-electron chi connectivity index (χ2n) is 9.58. The van der Waals surface area contributed by atoms with Crippen LogP contribution in [-0.2, 0) is 4.79 Å². The molecule has 0 atom stereocenters. The van der Waals surface area contributed by atoms with E-state index in [-0.39, 0.29) is 12.4 Å². The molecule has 0 unspecified atom stereocenters. The highest BCUT2D eigenvalue weighted by Crippen LogP contribution is 2.25. The summed E-state index contributed by atoms with van der Waals surface area (Å²) >= 11 is 0. The fourth-order valence-electron chi connectivity index (χ4n) is 4.53. The van der Waals surface area contributed by atoms with E-state index >= 15 is 0 Å². The summed E-state index contributed by atoms with van der Waals surface area (Å²) in [6.45, 7) is 15.1. The number of aliphatic imine (C=N–C) groups is 1. The second-order valence-corrected chi connectivity index (χ2v) is 9.58. The fourth-order valence-corrected chi connectivity index (χ4v) is 4.53. The van der Waals surface area contributed by atoms with E-state index in [2.05, 4.69) is 86.2 Å². The van der Waals surface area contributed by atoms with E-state index in [1.54, 1.807) is 6.08 Å². The number of hydrogen-bond acceptors (Lipinski definition) is 7. The van der Waals surface area contributed by atoms with E-state index in [9.17, 15) is 9.90 Å². The van der Waals surface area contributed by atoms with Gasteiger partial charge in [0.2, 0.25) is 5.78 Å². The number of aliphatic hydroxyl groups is 1.